The van der Waals surface area contributed by atoms with E-state index in [0.717, 1.165) is 29.6 Å². The topological polar surface area (TPSA) is 48.8 Å². The van der Waals surface area contributed by atoms with Crippen LogP contribution in [-0.2, 0) is 11.3 Å². The first kappa shape index (κ1) is 17.7. The molecule has 0 bridgehead atoms. The zero-order chi connectivity index (χ0) is 19.0. The van der Waals surface area contributed by atoms with Gasteiger partial charge in [-0.15, -0.1) is 0 Å². The molecular formula is C20H20F2N2O3. The van der Waals surface area contributed by atoms with E-state index in [4.69, 9.17) is 14.2 Å². The summed E-state index contributed by atoms with van der Waals surface area (Å²) >= 11 is 0. The molecule has 0 spiro atoms. The highest BCUT2D eigenvalue weighted by Crippen LogP contribution is 2.37. The van der Waals surface area contributed by atoms with Crippen LogP contribution in [0.3, 0.4) is 0 Å². The van der Waals surface area contributed by atoms with Crippen molar-refractivity contribution in [2.24, 2.45) is 5.92 Å². The lowest BCUT2D eigenvalue weighted by atomic mass is 10.2. The fourth-order valence-electron chi connectivity index (χ4n) is 2.79. The van der Waals surface area contributed by atoms with Gasteiger partial charge in [-0.05, 0) is 24.1 Å². The normalized spacial score (nSPS) is 16.1. The molecule has 0 aliphatic carbocycles. The van der Waals surface area contributed by atoms with Gasteiger partial charge in [-0.2, -0.15) is 5.10 Å². The van der Waals surface area contributed by atoms with Gasteiger partial charge in [-0.1, -0.05) is 13.8 Å². The molecule has 1 aliphatic rings. The Labute approximate surface area is 155 Å². The molecule has 1 atom stereocenters. The van der Waals surface area contributed by atoms with E-state index < -0.39 is 11.6 Å². The lowest BCUT2D eigenvalue weighted by Crippen LogP contribution is -2.07. The van der Waals surface area contributed by atoms with Gasteiger partial charge in [0.25, 0.3) is 0 Å². The summed E-state index contributed by atoms with van der Waals surface area (Å²) in [6, 6.07) is 6.78. The molecule has 0 amide bonds. The highest BCUT2D eigenvalue weighted by atomic mass is 19.1. The maximum Gasteiger partial charge on any atom is 0.170 e. The number of ether oxygens (including phenoxy) is 3. The average Bonchev–Trinajstić information content (AvgIpc) is 3.37. The van der Waals surface area contributed by atoms with Crippen molar-refractivity contribution >= 4 is 10.9 Å². The molecular weight excluding hydrogens is 354 g/mol. The first-order valence-corrected chi connectivity index (χ1v) is 8.86. The van der Waals surface area contributed by atoms with E-state index >= 15 is 0 Å². The second-order valence-corrected chi connectivity index (χ2v) is 7.02. The summed E-state index contributed by atoms with van der Waals surface area (Å²) in [7, 11) is 0. The van der Waals surface area contributed by atoms with Crippen molar-refractivity contribution in [3.05, 3.63) is 48.2 Å². The van der Waals surface area contributed by atoms with E-state index in [1.165, 1.54) is 6.07 Å². The summed E-state index contributed by atoms with van der Waals surface area (Å²) in [5, 5.41) is 5.27. The Morgan fingerprint density at radius 1 is 1.19 bits per heavy atom. The highest BCUT2D eigenvalue weighted by molar-refractivity contribution is 5.83. The summed E-state index contributed by atoms with van der Waals surface area (Å²) < 4.78 is 45.8. The molecule has 142 valence electrons. The van der Waals surface area contributed by atoms with Crippen LogP contribution in [0.4, 0.5) is 8.78 Å². The molecule has 0 radical (unpaired) electrons. The van der Waals surface area contributed by atoms with Crippen LogP contribution in [0.25, 0.3) is 10.9 Å². The third-order valence-electron chi connectivity index (χ3n) is 4.19. The summed E-state index contributed by atoms with van der Waals surface area (Å²) in [5.41, 5.74) is 0.905. The first-order valence-electron chi connectivity index (χ1n) is 8.86. The molecule has 1 saturated heterocycles. The van der Waals surface area contributed by atoms with E-state index in [2.05, 4.69) is 18.9 Å². The zero-order valence-electron chi connectivity index (χ0n) is 15.1. The van der Waals surface area contributed by atoms with Crippen molar-refractivity contribution in [3.63, 3.8) is 0 Å². The molecule has 1 aromatic heterocycles. The Balaban J connectivity index is 1.71. The lowest BCUT2D eigenvalue weighted by molar-refractivity contribution is 0.255. The molecule has 1 fully saturated rings. The van der Waals surface area contributed by atoms with Crippen LogP contribution in [0, 0.1) is 17.6 Å². The number of halogens is 2. The van der Waals surface area contributed by atoms with Crippen LogP contribution in [0.1, 0.15) is 13.8 Å². The Kier molecular flexibility index (Phi) is 4.70. The lowest BCUT2D eigenvalue weighted by Gasteiger charge is -2.14. The van der Waals surface area contributed by atoms with Crippen molar-refractivity contribution < 1.29 is 23.0 Å². The maximum absolute atomic E-state index is 14.0. The van der Waals surface area contributed by atoms with E-state index in [-0.39, 0.29) is 11.9 Å². The molecule has 4 rings (SSSR count). The van der Waals surface area contributed by atoms with E-state index in [1.54, 1.807) is 12.3 Å². The van der Waals surface area contributed by atoms with Crippen LogP contribution >= 0.6 is 0 Å². The van der Waals surface area contributed by atoms with Crippen LogP contribution in [0.2, 0.25) is 0 Å². The van der Waals surface area contributed by atoms with Crippen LogP contribution in [-0.4, -0.2) is 29.1 Å². The maximum atomic E-state index is 14.0. The van der Waals surface area contributed by atoms with Crippen molar-refractivity contribution in [1.82, 2.24) is 9.78 Å². The van der Waals surface area contributed by atoms with Crippen molar-refractivity contribution in [1.29, 1.82) is 0 Å². The number of nitrogens with zero attached hydrogens (tertiary/aromatic N) is 2. The zero-order valence-corrected chi connectivity index (χ0v) is 15.1. The molecule has 3 aromatic rings. The first-order chi connectivity index (χ1) is 13.0. The van der Waals surface area contributed by atoms with E-state index in [0.29, 0.717) is 30.6 Å². The molecule has 0 saturated carbocycles. The Bertz CT molecular complexity index is 967. The van der Waals surface area contributed by atoms with Crippen LogP contribution < -0.4 is 9.47 Å². The summed E-state index contributed by atoms with van der Waals surface area (Å²) in [5.74, 6) is -0.265. The van der Waals surface area contributed by atoms with Crippen molar-refractivity contribution in [2.75, 3.05) is 13.2 Å². The van der Waals surface area contributed by atoms with Crippen molar-refractivity contribution in [2.45, 2.75) is 26.5 Å². The Hall–Kier alpha value is -2.67. The number of rotatable bonds is 7. The number of hydrogen-bond donors (Lipinski definition) is 0. The predicted molar refractivity (Wildman–Crippen MR) is 96.2 cm³/mol. The standard InChI is InChI=1S/C20H20F2N2O3/c1-12(2)9-24-17-7-19(26-11-15-10-25-15)20(5-13(17)8-23-24)27-18-4-3-14(21)6-16(18)22/h3-8,12,15H,9-11H2,1-2H3. The molecule has 2 heterocycles. The predicted octanol–water partition coefficient (Wildman–Crippen LogP) is 4.54. The van der Waals surface area contributed by atoms with Gasteiger partial charge in [0.05, 0.1) is 18.3 Å². The van der Waals surface area contributed by atoms with Gasteiger partial charge in [0.1, 0.15) is 18.5 Å². The second kappa shape index (κ2) is 7.15. The van der Waals surface area contributed by atoms with Crippen LogP contribution in [0.15, 0.2) is 36.5 Å². The number of benzene rings is 2. The Morgan fingerprint density at radius 3 is 2.70 bits per heavy atom. The summed E-state index contributed by atoms with van der Waals surface area (Å²) in [6.07, 6.45) is 1.80. The summed E-state index contributed by atoms with van der Waals surface area (Å²) in [4.78, 5) is 0. The second-order valence-electron chi connectivity index (χ2n) is 7.02. The third kappa shape index (κ3) is 4.03. The fraction of sp³-hybridized carbons (Fsp3) is 0.350. The largest absolute Gasteiger partial charge is 0.487 e. The van der Waals surface area contributed by atoms with E-state index in [9.17, 15) is 8.78 Å². The SMILES string of the molecule is CC(C)Cn1ncc2cc(Oc3ccc(F)cc3F)c(OCC3CO3)cc21. The summed E-state index contributed by atoms with van der Waals surface area (Å²) in [6.45, 7) is 6.04. The third-order valence-corrected chi connectivity index (χ3v) is 4.19. The molecule has 27 heavy (non-hydrogen) atoms. The fourth-order valence-corrected chi connectivity index (χ4v) is 2.79. The minimum absolute atomic E-state index is 0.0664. The van der Waals surface area contributed by atoms with Gasteiger partial charge < -0.3 is 14.2 Å². The number of hydrogen-bond acceptors (Lipinski definition) is 4. The van der Waals surface area contributed by atoms with Gasteiger partial charge >= 0.3 is 0 Å². The monoisotopic (exact) mass is 374 g/mol. The van der Waals surface area contributed by atoms with Gasteiger partial charge in [-0.3, -0.25) is 4.68 Å². The van der Waals surface area contributed by atoms with Gasteiger partial charge in [-0.25, -0.2) is 8.78 Å². The van der Waals surface area contributed by atoms with Crippen LogP contribution in [0.5, 0.6) is 17.2 Å². The molecule has 5 nitrogen and oxygen atoms in total. The number of fused-ring (bicyclic) bond motifs is 1. The van der Waals surface area contributed by atoms with Crippen molar-refractivity contribution in [3.8, 4) is 17.2 Å². The molecule has 1 aliphatic heterocycles. The molecule has 0 N–H and O–H groups in total. The van der Waals surface area contributed by atoms with Gasteiger partial charge in [0.15, 0.2) is 23.1 Å². The number of aromatic nitrogens is 2. The van der Waals surface area contributed by atoms with Gasteiger partial charge in [0, 0.05) is 24.1 Å². The average molecular weight is 374 g/mol. The van der Waals surface area contributed by atoms with E-state index in [1.807, 2.05) is 10.7 Å². The minimum atomic E-state index is -0.776. The quantitative estimate of drug-likeness (QED) is 0.570. The Morgan fingerprint density at radius 2 is 2.00 bits per heavy atom. The molecule has 2 aromatic carbocycles. The molecule has 1 unspecified atom stereocenters. The molecule has 7 heteroatoms. The smallest absolute Gasteiger partial charge is 0.170 e. The number of epoxide rings is 1. The highest BCUT2D eigenvalue weighted by Gasteiger charge is 2.24. The minimum Gasteiger partial charge on any atom is -0.487 e. The van der Waals surface area contributed by atoms with Gasteiger partial charge in [0.2, 0.25) is 0 Å².